The van der Waals surface area contributed by atoms with E-state index >= 15 is 0 Å². The summed E-state index contributed by atoms with van der Waals surface area (Å²) in [5.41, 5.74) is 2.40. The zero-order valence-electron chi connectivity index (χ0n) is 16.7. The van der Waals surface area contributed by atoms with Gasteiger partial charge in [0.25, 0.3) is 10.0 Å². The summed E-state index contributed by atoms with van der Waals surface area (Å²) in [6, 6.07) is 23.0. The molecular formula is C24H25NO4S. The maximum atomic E-state index is 12.4. The Balaban J connectivity index is 1.55. The minimum atomic E-state index is -3.64. The van der Waals surface area contributed by atoms with Gasteiger partial charge < -0.3 is 9.84 Å². The Hall–Kier alpha value is -3.09. The molecule has 2 N–H and O–H groups in total. The summed E-state index contributed by atoms with van der Waals surface area (Å²) >= 11 is 0. The predicted octanol–water partition coefficient (Wildman–Crippen LogP) is 4.64. The van der Waals surface area contributed by atoms with Crippen molar-refractivity contribution in [2.24, 2.45) is 0 Å². The summed E-state index contributed by atoms with van der Waals surface area (Å²) in [5.74, 6) is 0.773. The number of aliphatic hydroxyl groups is 1. The molecule has 3 rings (SSSR count). The van der Waals surface area contributed by atoms with E-state index in [-0.39, 0.29) is 4.90 Å². The van der Waals surface area contributed by atoms with Gasteiger partial charge in [-0.05, 0) is 48.9 Å². The summed E-state index contributed by atoms with van der Waals surface area (Å²) in [5, 5.41) is 10.2. The zero-order chi connectivity index (χ0) is 21.4. The molecule has 0 unspecified atom stereocenters. The van der Waals surface area contributed by atoms with Crippen molar-refractivity contribution < 1.29 is 18.3 Å². The lowest BCUT2D eigenvalue weighted by Crippen LogP contribution is -2.12. The van der Waals surface area contributed by atoms with E-state index in [2.05, 4.69) is 4.72 Å². The van der Waals surface area contributed by atoms with Gasteiger partial charge in [-0.1, -0.05) is 60.2 Å². The molecule has 0 aliphatic rings. The van der Waals surface area contributed by atoms with E-state index < -0.39 is 16.1 Å². The Morgan fingerprint density at radius 1 is 1.00 bits per heavy atom. The molecule has 5 nitrogen and oxygen atoms in total. The van der Waals surface area contributed by atoms with Crippen LogP contribution in [0.3, 0.4) is 0 Å². The molecule has 6 heteroatoms. The van der Waals surface area contributed by atoms with Gasteiger partial charge >= 0.3 is 0 Å². The van der Waals surface area contributed by atoms with Crippen LogP contribution in [0.4, 0.5) is 5.69 Å². The van der Waals surface area contributed by atoms with E-state index in [0.717, 1.165) is 11.3 Å². The average Bonchev–Trinajstić information content (AvgIpc) is 2.74. The zero-order valence-corrected chi connectivity index (χ0v) is 17.5. The van der Waals surface area contributed by atoms with Crippen LogP contribution in [-0.4, -0.2) is 26.2 Å². The molecular weight excluding hydrogens is 398 g/mol. The Bertz CT molecular complexity index is 1080. The molecule has 0 saturated heterocycles. The third kappa shape index (κ3) is 6.47. The third-order valence-electron chi connectivity index (χ3n) is 4.41. The number of hydrogen-bond acceptors (Lipinski definition) is 4. The minimum Gasteiger partial charge on any atom is -0.493 e. The van der Waals surface area contributed by atoms with E-state index in [0.29, 0.717) is 18.7 Å². The second-order valence-corrected chi connectivity index (χ2v) is 8.60. The molecule has 30 heavy (non-hydrogen) atoms. The number of ether oxygens (including phenoxy) is 1. The number of aliphatic hydroxyl groups excluding tert-OH is 1. The molecule has 0 radical (unpaired) electrons. The number of anilines is 1. The van der Waals surface area contributed by atoms with Crippen molar-refractivity contribution in [3.63, 3.8) is 0 Å². The van der Waals surface area contributed by atoms with Gasteiger partial charge in [0.1, 0.15) is 5.75 Å². The van der Waals surface area contributed by atoms with Gasteiger partial charge in [-0.3, -0.25) is 4.72 Å². The van der Waals surface area contributed by atoms with Crippen molar-refractivity contribution in [1.82, 2.24) is 0 Å². The van der Waals surface area contributed by atoms with Gasteiger partial charge in [0.05, 0.1) is 17.6 Å². The number of benzene rings is 3. The summed E-state index contributed by atoms with van der Waals surface area (Å²) in [7, 11) is -3.64. The molecule has 0 amide bonds. The highest BCUT2D eigenvalue weighted by Crippen LogP contribution is 2.18. The van der Waals surface area contributed by atoms with Gasteiger partial charge in [-0.25, -0.2) is 8.42 Å². The second kappa shape index (κ2) is 10.1. The first-order valence-corrected chi connectivity index (χ1v) is 11.1. The topological polar surface area (TPSA) is 75.6 Å². The van der Waals surface area contributed by atoms with Gasteiger partial charge in [0.15, 0.2) is 0 Å². The first kappa shape index (κ1) is 21.6. The van der Waals surface area contributed by atoms with Gasteiger partial charge in [-0.15, -0.1) is 0 Å². The van der Waals surface area contributed by atoms with E-state index in [4.69, 9.17) is 4.74 Å². The lowest BCUT2D eigenvalue weighted by Gasteiger charge is -2.10. The molecule has 0 saturated carbocycles. The normalized spacial score (nSPS) is 12.6. The quantitative estimate of drug-likeness (QED) is 0.526. The van der Waals surface area contributed by atoms with Crippen LogP contribution in [0, 0.1) is 6.92 Å². The molecule has 0 fully saturated rings. The van der Waals surface area contributed by atoms with Crippen LogP contribution >= 0.6 is 0 Å². The Kier molecular flexibility index (Phi) is 7.27. The molecule has 0 aromatic heterocycles. The summed E-state index contributed by atoms with van der Waals surface area (Å²) in [6.07, 6.45) is 3.21. The molecule has 0 spiro atoms. The smallest absolute Gasteiger partial charge is 0.261 e. The van der Waals surface area contributed by atoms with Gasteiger partial charge in [-0.2, -0.15) is 0 Å². The van der Waals surface area contributed by atoms with Crippen LogP contribution in [-0.2, 0) is 10.0 Å². The van der Waals surface area contributed by atoms with Crippen LogP contribution in [0.5, 0.6) is 5.75 Å². The lowest BCUT2D eigenvalue weighted by atomic mass is 10.1. The fourth-order valence-electron chi connectivity index (χ4n) is 2.77. The van der Waals surface area contributed by atoms with Crippen molar-refractivity contribution in [3.05, 3.63) is 96.1 Å². The second-order valence-electron chi connectivity index (χ2n) is 6.92. The lowest BCUT2D eigenvalue weighted by molar-refractivity contribution is 0.179. The van der Waals surface area contributed by atoms with E-state index in [1.807, 2.05) is 37.3 Å². The molecule has 3 aromatic rings. The van der Waals surface area contributed by atoms with Crippen LogP contribution in [0.2, 0.25) is 0 Å². The Morgan fingerprint density at radius 2 is 1.73 bits per heavy atom. The predicted molar refractivity (Wildman–Crippen MR) is 120 cm³/mol. The van der Waals surface area contributed by atoms with Crippen LogP contribution in [0.25, 0.3) is 6.08 Å². The number of sulfonamides is 1. The number of rotatable bonds is 9. The largest absolute Gasteiger partial charge is 0.493 e. The van der Waals surface area contributed by atoms with Gasteiger partial charge in [0, 0.05) is 12.1 Å². The monoisotopic (exact) mass is 423 g/mol. The molecule has 0 aliphatic carbocycles. The van der Waals surface area contributed by atoms with Crippen molar-refractivity contribution in [2.75, 3.05) is 11.3 Å². The highest BCUT2D eigenvalue weighted by atomic mass is 32.2. The minimum absolute atomic E-state index is 0.204. The molecule has 1 atom stereocenters. The number of nitrogens with one attached hydrogen (secondary N) is 1. The molecule has 156 valence electrons. The number of aryl methyl sites for hydroxylation is 1. The van der Waals surface area contributed by atoms with E-state index in [9.17, 15) is 13.5 Å². The standard InChI is InChI=1S/C24H25NO4S/c1-19-10-14-23(15-11-19)29-17-16-22(26)13-12-20-6-5-7-21(18-20)25-30(27,28)24-8-3-2-4-9-24/h2-15,18,22,25-26H,16-17H2,1H3/b13-12+/t22-/m0/s1. The average molecular weight is 424 g/mol. The molecule has 0 bridgehead atoms. The first-order valence-electron chi connectivity index (χ1n) is 9.66. The van der Waals surface area contributed by atoms with Crippen LogP contribution in [0.15, 0.2) is 89.8 Å². The maximum absolute atomic E-state index is 12.4. The SMILES string of the molecule is Cc1ccc(OCC[C@@H](O)/C=C/c2cccc(NS(=O)(=O)c3ccccc3)c2)cc1. The van der Waals surface area contributed by atoms with Gasteiger partial charge in [0.2, 0.25) is 0 Å². The summed E-state index contributed by atoms with van der Waals surface area (Å²) < 4.78 is 33.1. The summed E-state index contributed by atoms with van der Waals surface area (Å²) in [6.45, 7) is 2.41. The van der Waals surface area contributed by atoms with E-state index in [1.54, 1.807) is 60.7 Å². The molecule has 0 aliphatic heterocycles. The van der Waals surface area contributed by atoms with E-state index in [1.165, 1.54) is 5.56 Å². The fourth-order valence-corrected chi connectivity index (χ4v) is 3.84. The molecule has 0 heterocycles. The fraction of sp³-hybridized carbons (Fsp3) is 0.167. The van der Waals surface area contributed by atoms with Crippen molar-refractivity contribution in [3.8, 4) is 5.75 Å². The maximum Gasteiger partial charge on any atom is 0.261 e. The van der Waals surface area contributed by atoms with Crippen molar-refractivity contribution in [2.45, 2.75) is 24.3 Å². The van der Waals surface area contributed by atoms with Crippen LogP contribution < -0.4 is 9.46 Å². The molecule has 3 aromatic carbocycles. The first-order chi connectivity index (χ1) is 14.4. The van der Waals surface area contributed by atoms with Crippen molar-refractivity contribution in [1.29, 1.82) is 0 Å². The highest BCUT2D eigenvalue weighted by Gasteiger charge is 2.13. The third-order valence-corrected chi connectivity index (χ3v) is 5.80. The van der Waals surface area contributed by atoms with Crippen molar-refractivity contribution >= 4 is 21.8 Å². The highest BCUT2D eigenvalue weighted by molar-refractivity contribution is 7.92. The number of hydrogen-bond donors (Lipinski definition) is 2. The Labute approximate surface area is 177 Å². The Morgan fingerprint density at radius 3 is 2.47 bits per heavy atom. The summed E-state index contributed by atoms with van der Waals surface area (Å²) in [4.78, 5) is 0.204. The van der Waals surface area contributed by atoms with Crippen LogP contribution in [0.1, 0.15) is 17.5 Å².